The Labute approximate surface area is 198 Å². The molecule has 0 spiro atoms. The summed E-state index contributed by atoms with van der Waals surface area (Å²) in [5.41, 5.74) is 3.85. The number of rotatable bonds is 5. The Morgan fingerprint density at radius 3 is 2.82 bits per heavy atom. The van der Waals surface area contributed by atoms with Gasteiger partial charge in [-0.25, -0.2) is 19.6 Å². The Morgan fingerprint density at radius 2 is 2.09 bits per heavy atom. The largest absolute Gasteiger partial charge is 0.476 e. The first-order valence-electron chi connectivity index (χ1n) is 10.6. The molecule has 1 aromatic carbocycles. The Kier molecular flexibility index (Phi) is 5.37. The summed E-state index contributed by atoms with van der Waals surface area (Å²) in [7, 11) is 0. The van der Waals surface area contributed by atoms with Crippen LogP contribution in [0.15, 0.2) is 44.3 Å². The number of aromatic carboxylic acids is 1. The number of hydrogen-bond donors (Lipinski definition) is 2. The summed E-state index contributed by atoms with van der Waals surface area (Å²) < 4.78 is 12.7. The Hall–Kier alpha value is -4.05. The summed E-state index contributed by atoms with van der Waals surface area (Å²) in [4.78, 5) is 35.1. The molecule has 0 fully saturated rings. The third kappa shape index (κ3) is 3.81. The van der Waals surface area contributed by atoms with E-state index in [1.165, 1.54) is 10.1 Å². The van der Waals surface area contributed by atoms with Crippen molar-refractivity contribution in [1.82, 2.24) is 19.5 Å². The van der Waals surface area contributed by atoms with Crippen LogP contribution < -0.4 is 5.69 Å². The summed E-state index contributed by atoms with van der Waals surface area (Å²) in [6.07, 6.45) is 7.48. The van der Waals surface area contributed by atoms with Gasteiger partial charge in [0.15, 0.2) is 17.3 Å². The second kappa shape index (κ2) is 8.38. The number of carbonyl (C=O) groups is 1. The lowest BCUT2D eigenvalue weighted by Crippen LogP contribution is -2.25. The van der Waals surface area contributed by atoms with Crippen molar-refractivity contribution >= 4 is 30.3 Å². The fourth-order valence-electron chi connectivity index (χ4n) is 4.14. The van der Waals surface area contributed by atoms with Crippen molar-refractivity contribution in [2.75, 3.05) is 0 Å². The zero-order valence-corrected chi connectivity index (χ0v) is 19.2. The maximum absolute atomic E-state index is 12.7. The molecule has 1 unspecified atom stereocenters. The van der Waals surface area contributed by atoms with Gasteiger partial charge in [-0.1, -0.05) is 43.4 Å². The molecule has 0 amide bonds. The standard InChI is InChI=1S/C24H20N4O5S/c1-3-13-4-6-15-14(8-13)5-7-18-21(25-12(2)33-18)20(15)16-9-28(24(31)27-22(16)34)10-19-26-17(11-32-19)23(29)30/h4-9,11,20H,3,10H2,1-2H3,(H,29,30)(H,27,31,34). The highest BCUT2D eigenvalue weighted by molar-refractivity contribution is 7.71. The van der Waals surface area contributed by atoms with Gasteiger partial charge >= 0.3 is 11.7 Å². The number of nitrogens with zero attached hydrogens (tertiary/aromatic N) is 3. The van der Waals surface area contributed by atoms with Gasteiger partial charge in [-0.3, -0.25) is 9.55 Å². The molecule has 0 aliphatic heterocycles. The van der Waals surface area contributed by atoms with Crippen molar-refractivity contribution in [3.05, 3.63) is 97.0 Å². The van der Waals surface area contributed by atoms with Gasteiger partial charge in [-0.15, -0.1) is 0 Å². The van der Waals surface area contributed by atoms with Crippen LogP contribution in [-0.4, -0.2) is 30.6 Å². The number of aromatic nitrogens is 4. The minimum absolute atomic E-state index is 0.0669. The van der Waals surface area contributed by atoms with Crippen molar-refractivity contribution in [1.29, 1.82) is 0 Å². The van der Waals surface area contributed by atoms with Crippen LogP contribution in [0, 0.1) is 11.6 Å². The highest BCUT2D eigenvalue weighted by atomic mass is 32.1. The first-order valence-corrected chi connectivity index (χ1v) is 11.0. The fourth-order valence-corrected chi connectivity index (χ4v) is 4.40. The van der Waals surface area contributed by atoms with E-state index in [9.17, 15) is 9.59 Å². The molecule has 0 bridgehead atoms. The molecule has 1 aliphatic rings. The van der Waals surface area contributed by atoms with E-state index in [1.807, 2.05) is 12.2 Å². The molecule has 0 saturated heterocycles. The molecule has 10 heteroatoms. The van der Waals surface area contributed by atoms with E-state index >= 15 is 0 Å². The van der Waals surface area contributed by atoms with Crippen LogP contribution in [-0.2, 0) is 13.0 Å². The molecule has 1 aliphatic carbocycles. The Morgan fingerprint density at radius 1 is 1.26 bits per heavy atom. The molecule has 34 heavy (non-hydrogen) atoms. The molecule has 1 atom stereocenters. The third-order valence-corrected chi connectivity index (χ3v) is 6.11. The summed E-state index contributed by atoms with van der Waals surface area (Å²) in [6, 6.07) is 6.25. The molecular formula is C24H20N4O5S. The van der Waals surface area contributed by atoms with E-state index in [2.05, 4.69) is 40.1 Å². The van der Waals surface area contributed by atoms with Crippen molar-refractivity contribution in [3.63, 3.8) is 0 Å². The van der Waals surface area contributed by atoms with Crippen molar-refractivity contribution in [2.24, 2.45) is 0 Å². The summed E-state index contributed by atoms with van der Waals surface area (Å²) in [6.45, 7) is 3.81. The number of benzene rings is 1. The van der Waals surface area contributed by atoms with Crippen LogP contribution in [0.25, 0.3) is 12.2 Å². The molecule has 3 heterocycles. The van der Waals surface area contributed by atoms with Gasteiger partial charge in [0, 0.05) is 18.7 Å². The van der Waals surface area contributed by atoms with E-state index in [1.54, 1.807) is 13.1 Å². The average molecular weight is 477 g/mol. The van der Waals surface area contributed by atoms with Crippen LogP contribution in [0.1, 0.15) is 68.8 Å². The van der Waals surface area contributed by atoms with Gasteiger partial charge in [0.05, 0.1) is 11.6 Å². The summed E-state index contributed by atoms with van der Waals surface area (Å²) in [5.74, 6) is -0.360. The van der Waals surface area contributed by atoms with Gasteiger partial charge in [0.25, 0.3) is 0 Å². The lowest BCUT2D eigenvalue weighted by molar-refractivity contribution is 0.0690. The van der Waals surface area contributed by atoms with Gasteiger partial charge in [0.2, 0.25) is 5.89 Å². The number of oxazole rings is 2. The minimum atomic E-state index is -1.21. The zero-order valence-electron chi connectivity index (χ0n) is 18.4. The van der Waals surface area contributed by atoms with Gasteiger partial charge in [-0.2, -0.15) is 0 Å². The number of carboxylic acids is 1. The summed E-state index contributed by atoms with van der Waals surface area (Å²) in [5, 5.41) is 9.09. The van der Waals surface area contributed by atoms with Gasteiger partial charge < -0.3 is 13.9 Å². The lowest BCUT2D eigenvalue weighted by Gasteiger charge is -2.19. The van der Waals surface area contributed by atoms with Crippen LogP contribution in [0.2, 0.25) is 0 Å². The average Bonchev–Trinajstić information content (AvgIpc) is 3.39. The predicted molar refractivity (Wildman–Crippen MR) is 125 cm³/mol. The van der Waals surface area contributed by atoms with E-state index in [0.29, 0.717) is 22.9 Å². The predicted octanol–water partition coefficient (Wildman–Crippen LogP) is 4.16. The number of nitrogens with one attached hydrogen (secondary N) is 1. The van der Waals surface area contributed by atoms with E-state index < -0.39 is 17.6 Å². The third-order valence-electron chi connectivity index (χ3n) is 5.77. The number of aromatic amines is 1. The molecule has 172 valence electrons. The number of H-pyrrole nitrogens is 1. The molecular weight excluding hydrogens is 456 g/mol. The number of hydrogen-bond acceptors (Lipinski definition) is 7. The molecule has 0 saturated carbocycles. The summed E-state index contributed by atoms with van der Waals surface area (Å²) >= 11 is 5.58. The topological polar surface area (TPSA) is 127 Å². The van der Waals surface area contributed by atoms with Gasteiger partial charge in [-0.05, 0) is 29.2 Å². The van der Waals surface area contributed by atoms with Crippen molar-refractivity contribution < 1.29 is 18.7 Å². The Bertz CT molecular complexity index is 1570. The first-order chi connectivity index (χ1) is 16.3. The smallest absolute Gasteiger partial charge is 0.357 e. The first kappa shape index (κ1) is 21.8. The molecule has 5 rings (SSSR count). The highest BCUT2D eigenvalue weighted by Crippen LogP contribution is 2.39. The lowest BCUT2D eigenvalue weighted by atomic mass is 9.86. The molecule has 4 aromatic rings. The number of carboxylic acid groups (broad SMARTS) is 1. The van der Waals surface area contributed by atoms with Crippen LogP contribution in [0.4, 0.5) is 0 Å². The number of fused-ring (bicyclic) bond motifs is 2. The zero-order chi connectivity index (χ0) is 24.0. The Balaban J connectivity index is 1.67. The molecule has 9 nitrogen and oxygen atoms in total. The molecule has 2 N–H and O–H groups in total. The second-order valence-corrected chi connectivity index (χ2v) is 8.38. The van der Waals surface area contributed by atoms with Crippen molar-refractivity contribution in [3.8, 4) is 0 Å². The molecule has 3 aromatic heterocycles. The quantitative estimate of drug-likeness (QED) is 0.362. The maximum Gasteiger partial charge on any atom is 0.357 e. The monoisotopic (exact) mass is 476 g/mol. The fraction of sp³-hybridized carbons (Fsp3) is 0.208. The van der Waals surface area contributed by atoms with Crippen LogP contribution in [0.3, 0.4) is 0 Å². The van der Waals surface area contributed by atoms with Gasteiger partial charge in [0.1, 0.15) is 17.4 Å². The maximum atomic E-state index is 12.7. The minimum Gasteiger partial charge on any atom is -0.476 e. The van der Waals surface area contributed by atoms with E-state index in [0.717, 1.165) is 23.8 Å². The van der Waals surface area contributed by atoms with Crippen molar-refractivity contribution in [2.45, 2.75) is 32.7 Å². The molecule has 0 radical (unpaired) electrons. The normalized spacial score (nSPS) is 14.5. The highest BCUT2D eigenvalue weighted by Gasteiger charge is 2.29. The van der Waals surface area contributed by atoms with E-state index in [4.69, 9.17) is 26.2 Å². The van der Waals surface area contributed by atoms with Crippen LogP contribution in [0.5, 0.6) is 0 Å². The number of aryl methyl sites for hydroxylation is 2. The van der Waals surface area contributed by atoms with E-state index in [-0.39, 0.29) is 22.8 Å². The second-order valence-electron chi connectivity index (χ2n) is 7.97. The SMILES string of the molecule is CCc1ccc2c(c1)C=Cc1oc(C)nc1C2c1cn(Cc2nc(C(=O)O)co2)c(=O)[nH]c1=S. The van der Waals surface area contributed by atoms with Crippen LogP contribution >= 0.6 is 12.2 Å².